The fourth-order valence-corrected chi connectivity index (χ4v) is 4.27. The van der Waals surface area contributed by atoms with Crippen LogP contribution in [0, 0.1) is 0 Å². The Hall–Kier alpha value is -2.66. The van der Waals surface area contributed by atoms with E-state index >= 15 is 0 Å². The third kappa shape index (κ3) is 3.54. The van der Waals surface area contributed by atoms with E-state index in [2.05, 4.69) is 31.7 Å². The lowest BCUT2D eigenvalue weighted by Crippen LogP contribution is -2.46. The van der Waals surface area contributed by atoms with E-state index in [4.69, 9.17) is 0 Å². The highest BCUT2D eigenvalue weighted by Crippen LogP contribution is 2.40. The summed E-state index contributed by atoms with van der Waals surface area (Å²) in [5, 5.41) is 3.14. The number of likely N-dealkylation sites (tertiary alicyclic amines) is 1. The number of imidazole rings is 1. The number of carbonyl (C=O) groups is 1. The van der Waals surface area contributed by atoms with Gasteiger partial charge in [0.15, 0.2) is 0 Å². The summed E-state index contributed by atoms with van der Waals surface area (Å²) in [6.07, 6.45) is 9.70. The van der Waals surface area contributed by atoms with Crippen molar-refractivity contribution in [3.05, 3.63) is 66.1 Å². The van der Waals surface area contributed by atoms with Crippen LogP contribution in [0.4, 0.5) is 5.69 Å². The first-order valence-corrected chi connectivity index (χ1v) is 10.3. The van der Waals surface area contributed by atoms with Crippen LogP contribution in [-0.2, 0) is 11.3 Å². The first-order valence-electron chi connectivity index (χ1n) is 10.3. The lowest BCUT2D eigenvalue weighted by Gasteiger charge is -2.34. The lowest BCUT2D eigenvalue weighted by atomic mass is 10.0. The zero-order chi connectivity index (χ0) is 18.9. The molecule has 0 spiro atoms. The Morgan fingerprint density at radius 2 is 1.93 bits per heavy atom. The molecule has 5 rings (SSSR count). The molecule has 3 aromatic rings. The van der Waals surface area contributed by atoms with Gasteiger partial charge in [0.2, 0.25) is 5.91 Å². The number of aromatic nitrogens is 2. The summed E-state index contributed by atoms with van der Waals surface area (Å²) in [6.45, 7) is 1.68. The summed E-state index contributed by atoms with van der Waals surface area (Å²) in [5.74, 6) is 0.844. The number of piperidine rings is 1. The van der Waals surface area contributed by atoms with Crippen LogP contribution in [0.15, 0.2) is 54.9 Å². The lowest BCUT2D eigenvalue weighted by molar-refractivity contribution is -0.122. The third-order valence-electron chi connectivity index (χ3n) is 6.00. The van der Waals surface area contributed by atoms with Crippen molar-refractivity contribution in [1.82, 2.24) is 14.3 Å². The number of hydrogen-bond acceptors (Lipinski definition) is 3. The number of pyridine rings is 1. The van der Waals surface area contributed by atoms with Gasteiger partial charge in [-0.15, -0.1) is 0 Å². The molecule has 1 saturated heterocycles. The molecule has 1 unspecified atom stereocenters. The molecule has 3 heterocycles. The van der Waals surface area contributed by atoms with E-state index in [1.807, 2.05) is 42.7 Å². The van der Waals surface area contributed by atoms with Gasteiger partial charge in [0, 0.05) is 18.4 Å². The zero-order valence-electron chi connectivity index (χ0n) is 16.1. The Balaban J connectivity index is 1.29. The molecule has 2 fully saturated rings. The molecule has 2 aromatic heterocycles. The summed E-state index contributed by atoms with van der Waals surface area (Å²) < 4.78 is 2.11. The zero-order valence-corrected chi connectivity index (χ0v) is 16.1. The molecule has 1 aliphatic heterocycles. The summed E-state index contributed by atoms with van der Waals surface area (Å²) in [6, 6.07) is 14.3. The number of hydrogen-bond donors (Lipinski definition) is 1. The Kier molecular flexibility index (Phi) is 4.61. The summed E-state index contributed by atoms with van der Waals surface area (Å²) in [7, 11) is 0. The minimum atomic E-state index is -0.0916. The molecule has 1 N–H and O–H groups in total. The maximum atomic E-state index is 13.0. The fraction of sp³-hybridized carbons (Fsp3) is 0.391. The van der Waals surface area contributed by atoms with Crippen LogP contribution in [0.5, 0.6) is 0 Å². The average Bonchev–Trinajstić information content (AvgIpc) is 3.51. The van der Waals surface area contributed by atoms with Crippen LogP contribution in [0.3, 0.4) is 0 Å². The van der Waals surface area contributed by atoms with E-state index in [1.165, 1.54) is 18.4 Å². The van der Waals surface area contributed by atoms with E-state index in [-0.39, 0.29) is 11.9 Å². The van der Waals surface area contributed by atoms with Crippen LogP contribution < -0.4 is 5.32 Å². The normalized spacial score (nSPS) is 20.4. The van der Waals surface area contributed by atoms with Crippen molar-refractivity contribution in [2.45, 2.75) is 50.6 Å². The van der Waals surface area contributed by atoms with Crippen LogP contribution >= 0.6 is 0 Å². The predicted molar refractivity (Wildman–Crippen MR) is 110 cm³/mol. The highest BCUT2D eigenvalue weighted by Gasteiger charge is 2.29. The molecule has 0 bridgehead atoms. The largest absolute Gasteiger partial charge is 0.325 e. The van der Waals surface area contributed by atoms with Crippen LogP contribution in [0.25, 0.3) is 5.65 Å². The van der Waals surface area contributed by atoms with Gasteiger partial charge in [0.25, 0.3) is 0 Å². The van der Waals surface area contributed by atoms with Crippen molar-refractivity contribution in [2.24, 2.45) is 0 Å². The average molecular weight is 374 g/mol. The van der Waals surface area contributed by atoms with Crippen molar-refractivity contribution >= 4 is 17.2 Å². The molecule has 5 heteroatoms. The first-order chi connectivity index (χ1) is 13.8. The second-order valence-corrected chi connectivity index (χ2v) is 8.05. The molecule has 0 radical (unpaired) electrons. The van der Waals surface area contributed by atoms with Crippen LogP contribution in [0.1, 0.15) is 49.3 Å². The number of rotatable bonds is 5. The van der Waals surface area contributed by atoms with Crippen LogP contribution in [-0.4, -0.2) is 32.8 Å². The summed E-state index contributed by atoms with van der Waals surface area (Å²) >= 11 is 0. The van der Waals surface area contributed by atoms with Crippen molar-refractivity contribution in [3.8, 4) is 0 Å². The number of benzene rings is 1. The van der Waals surface area contributed by atoms with Gasteiger partial charge in [-0.1, -0.05) is 24.6 Å². The first kappa shape index (κ1) is 17.4. The van der Waals surface area contributed by atoms with Crippen molar-refractivity contribution < 1.29 is 4.79 Å². The van der Waals surface area contributed by atoms with E-state index in [1.54, 1.807) is 0 Å². The number of nitrogens with one attached hydrogen (secondary N) is 1. The SMILES string of the molecule is O=C(Nc1ccc(C2CC2)cc1)C1CCCCN1Cc1cnc2ccccn12. The van der Waals surface area contributed by atoms with Gasteiger partial charge in [-0.05, 0) is 68.0 Å². The number of anilines is 1. The number of fused-ring (bicyclic) bond motifs is 1. The quantitative estimate of drug-likeness (QED) is 0.728. The molecule has 1 amide bonds. The topological polar surface area (TPSA) is 49.6 Å². The highest BCUT2D eigenvalue weighted by atomic mass is 16.2. The maximum absolute atomic E-state index is 13.0. The van der Waals surface area contributed by atoms with Gasteiger partial charge in [-0.3, -0.25) is 9.69 Å². The summed E-state index contributed by atoms with van der Waals surface area (Å²) in [4.78, 5) is 19.8. The molecule has 144 valence electrons. The standard InChI is InChI=1S/C23H26N4O/c28-23(25-19-11-9-18(10-12-19)17-7-8-17)21-5-1-3-13-26(21)16-20-15-24-22-6-2-4-14-27(20)22/h2,4,6,9-12,14-15,17,21H,1,3,5,7-8,13,16H2,(H,25,28). The minimum absolute atomic E-state index is 0.0916. The van der Waals surface area contributed by atoms with E-state index in [9.17, 15) is 4.79 Å². The van der Waals surface area contributed by atoms with E-state index in [0.717, 1.165) is 55.3 Å². The van der Waals surface area contributed by atoms with Crippen molar-refractivity contribution in [2.75, 3.05) is 11.9 Å². The van der Waals surface area contributed by atoms with Crippen molar-refractivity contribution in [1.29, 1.82) is 0 Å². The minimum Gasteiger partial charge on any atom is -0.325 e. The molecule has 5 nitrogen and oxygen atoms in total. The molecule has 2 aliphatic rings. The van der Waals surface area contributed by atoms with Gasteiger partial charge >= 0.3 is 0 Å². The smallest absolute Gasteiger partial charge is 0.241 e. The van der Waals surface area contributed by atoms with Gasteiger partial charge in [-0.2, -0.15) is 0 Å². The second kappa shape index (κ2) is 7.40. The monoisotopic (exact) mass is 374 g/mol. The number of nitrogens with zero attached hydrogens (tertiary/aromatic N) is 3. The molecule has 1 aromatic carbocycles. The van der Waals surface area contributed by atoms with Crippen molar-refractivity contribution in [3.63, 3.8) is 0 Å². The molecule has 1 aliphatic carbocycles. The van der Waals surface area contributed by atoms with E-state index in [0.29, 0.717) is 0 Å². The molecule has 1 atom stereocenters. The molecule has 1 saturated carbocycles. The molecular formula is C23H26N4O. The van der Waals surface area contributed by atoms with Gasteiger partial charge in [0.1, 0.15) is 5.65 Å². The maximum Gasteiger partial charge on any atom is 0.241 e. The van der Waals surface area contributed by atoms with Gasteiger partial charge < -0.3 is 9.72 Å². The Morgan fingerprint density at radius 1 is 1.07 bits per heavy atom. The third-order valence-corrected chi connectivity index (χ3v) is 6.00. The van der Waals surface area contributed by atoms with Gasteiger partial charge in [-0.25, -0.2) is 4.98 Å². The van der Waals surface area contributed by atoms with Gasteiger partial charge in [0.05, 0.1) is 17.9 Å². The molecule has 28 heavy (non-hydrogen) atoms. The second-order valence-electron chi connectivity index (χ2n) is 8.05. The predicted octanol–water partition coefficient (Wildman–Crippen LogP) is 4.20. The fourth-order valence-electron chi connectivity index (χ4n) is 4.27. The number of amides is 1. The summed E-state index contributed by atoms with van der Waals surface area (Å²) in [5.41, 5.74) is 4.37. The highest BCUT2D eigenvalue weighted by molar-refractivity contribution is 5.94. The Labute approximate surface area is 165 Å². The molecular weight excluding hydrogens is 348 g/mol. The number of carbonyl (C=O) groups excluding carboxylic acids is 1. The van der Waals surface area contributed by atoms with E-state index < -0.39 is 0 Å². The Bertz CT molecular complexity index is 974. The van der Waals surface area contributed by atoms with Crippen LogP contribution in [0.2, 0.25) is 0 Å². The Morgan fingerprint density at radius 3 is 2.75 bits per heavy atom.